The topological polar surface area (TPSA) is 52.5 Å². The normalized spacial score (nSPS) is 12.3. The highest BCUT2D eigenvalue weighted by atomic mass is 16.3. The van der Waals surface area contributed by atoms with E-state index in [1.165, 1.54) is 16.7 Å². The molecule has 0 heterocycles. The van der Waals surface area contributed by atoms with Crippen LogP contribution in [0.5, 0.6) is 5.75 Å². The van der Waals surface area contributed by atoms with Gasteiger partial charge in [-0.25, -0.2) is 0 Å². The SMILES string of the molecule is Cc1cc(C)cc(CNCC(O)c2ccc(O)cc2)c1. The lowest BCUT2D eigenvalue weighted by Gasteiger charge is -2.13. The van der Waals surface area contributed by atoms with E-state index in [1.807, 2.05) is 0 Å². The van der Waals surface area contributed by atoms with Gasteiger partial charge >= 0.3 is 0 Å². The molecule has 2 aromatic carbocycles. The van der Waals surface area contributed by atoms with Crippen molar-refractivity contribution in [1.82, 2.24) is 5.32 Å². The molecule has 2 rings (SSSR count). The van der Waals surface area contributed by atoms with Crippen molar-refractivity contribution in [3.05, 3.63) is 64.7 Å². The molecule has 3 nitrogen and oxygen atoms in total. The Morgan fingerprint density at radius 1 is 1.00 bits per heavy atom. The van der Waals surface area contributed by atoms with Crippen LogP contribution in [-0.4, -0.2) is 16.8 Å². The summed E-state index contributed by atoms with van der Waals surface area (Å²) in [5.41, 5.74) is 4.53. The van der Waals surface area contributed by atoms with Crippen LogP contribution < -0.4 is 5.32 Å². The second-order valence-corrected chi connectivity index (χ2v) is 5.23. The molecule has 0 aromatic heterocycles. The summed E-state index contributed by atoms with van der Waals surface area (Å²) in [6.45, 7) is 5.39. The third-order valence-electron chi connectivity index (χ3n) is 3.23. The number of nitrogens with one attached hydrogen (secondary N) is 1. The highest BCUT2D eigenvalue weighted by molar-refractivity contribution is 5.29. The van der Waals surface area contributed by atoms with Gasteiger partial charge in [0.2, 0.25) is 0 Å². The van der Waals surface area contributed by atoms with E-state index in [0.29, 0.717) is 6.54 Å². The zero-order valence-electron chi connectivity index (χ0n) is 11.9. The molecule has 1 atom stereocenters. The van der Waals surface area contributed by atoms with Gasteiger partial charge in [-0.05, 0) is 37.1 Å². The lowest BCUT2D eigenvalue weighted by atomic mass is 10.1. The molecule has 0 saturated heterocycles. The molecule has 1 unspecified atom stereocenters. The van der Waals surface area contributed by atoms with Crippen LogP contribution in [-0.2, 0) is 6.54 Å². The van der Waals surface area contributed by atoms with E-state index < -0.39 is 6.10 Å². The van der Waals surface area contributed by atoms with Crippen LogP contribution in [0.25, 0.3) is 0 Å². The summed E-state index contributed by atoms with van der Waals surface area (Å²) in [7, 11) is 0. The minimum Gasteiger partial charge on any atom is -0.508 e. The van der Waals surface area contributed by atoms with Crippen LogP contribution in [0.3, 0.4) is 0 Å². The Kier molecular flexibility index (Phi) is 4.77. The molecule has 0 amide bonds. The summed E-state index contributed by atoms with van der Waals surface area (Å²) in [6, 6.07) is 13.1. The molecule has 0 aliphatic heterocycles. The third kappa shape index (κ3) is 4.08. The van der Waals surface area contributed by atoms with Crippen molar-refractivity contribution in [2.24, 2.45) is 0 Å². The molecule has 2 aromatic rings. The number of aliphatic hydroxyl groups is 1. The number of aliphatic hydroxyl groups excluding tert-OH is 1. The zero-order valence-corrected chi connectivity index (χ0v) is 11.9. The van der Waals surface area contributed by atoms with Gasteiger partial charge in [-0.3, -0.25) is 0 Å². The lowest BCUT2D eigenvalue weighted by Crippen LogP contribution is -2.21. The van der Waals surface area contributed by atoms with Crippen molar-refractivity contribution < 1.29 is 10.2 Å². The average Bonchev–Trinajstić information content (AvgIpc) is 2.38. The second kappa shape index (κ2) is 6.55. The lowest BCUT2D eigenvalue weighted by molar-refractivity contribution is 0.174. The van der Waals surface area contributed by atoms with Gasteiger partial charge in [0.05, 0.1) is 6.10 Å². The van der Waals surface area contributed by atoms with E-state index in [4.69, 9.17) is 0 Å². The summed E-state index contributed by atoms with van der Waals surface area (Å²) in [4.78, 5) is 0. The molecular weight excluding hydrogens is 250 g/mol. The minimum atomic E-state index is -0.568. The summed E-state index contributed by atoms with van der Waals surface area (Å²) in [6.07, 6.45) is -0.568. The fourth-order valence-corrected chi connectivity index (χ4v) is 2.34. The monoisotopic (exact) mass is 271 g/mol. The number of phenols is 1. The predicted molar refractivity (Wildman–Crippen MR) is 80.7 cm³/mol. The van der Waals surface area contributed by atoms with Gasteiger partial charge in [-0.15, -0.1) is 0 Å². The van der Waals surface area contributed by atoms with Gasteiger partial charge in [0.1, 0.15) is 5.75 Å². The van der Waals surface area contributed by atoms with Crippen LogP contribution in [0.1, 0.15) is 28.4 Å². The molecule has 0 radical (unpaired) electrons. The summed E-state index contributed by atoms with van der Waals surface area (Å²) in [5.74, 6) is 0.212. The number of hydrogen-bond acceptors (Lipinski definition) is 3. The third-order valence-corrected chi connectivity index (χ3v) is 3.23. The summed E-state index contributed by atoms with van der Waals surface area (Å²) < 4.78 is 0. The van der Waals surface area contributed by atoms with Gasteiger partial charge < -0.3 is 15.5 Å². The Morgan fingerprint density at radius 3 is 2.20 bits per heavy atom. The summed E-state index contributed by atoms with van der Waals surface area (Å²) >= 11 is 0. The quantitative estimate of drug-likeness (QED) is 0.784. The van der Waals surface area contributed by atoms with E-state index in [1.54, 1.807) is 24.3 Å². The molecule has 0 spiro atoms. The first-order chi connectivity index (χ1) is 9.54. The Bertz CT molecular complexity index is 543. The number of benzene rings is 2. The molecule has 0 fully saturated rings. The minimum absolute atomic E-state index is 0.212. The van der Waals surface area contributed by atoms with Crippen molar-refractivity contribution in [3.63, 3.8) is 0 Å². The smallest absolute Gasteiger partial charge is 0.115 e. The van der Waals surface area contributed by atoms with Crippen molar-refractivity contribution in [1.29, 1.82) is 0 Å². The van der Waals surface area contributed by atoms with Gasteiger partial charge in [0.25, 0.3) is 0 Å². The van der Waals surface area contributed by atoms with Crippen LogP contribution in [0.2, 0.25) is 0 Å². The van der Waals surface area contributed by atoms with Crippen LogP contribution >= 0.6 is 0 Å². The molecular formula is C17H21NO2. The first-order valence-electron chi connectivity index (χ1n) is 6.79. The maximum absolute atomic E-state index is 10.1. The molecule has 0 aliphatic carbocycles. The number of rotatable bonds is 5. The van der Waals surface area contributed by atoms with Crippen LogP contribution in [0, 0.1) is 13.8 Å². The largest absolute Gasteiger partial charge is 0.508 e. The maximum Gasteiger partial charge on any atom is 0.115 e. The standard InChI is InChI=1S/C17H21NO2/c1-12-7-13(2)9-14(8-12)10-18-11-17(20)15-3-5-16(19)6-4-15/h3-9,17-20H,10-11H2,1-2H3. The fourth-order valence-electron chi connectivity index (χ4n) is 2.34. The first-order valence-corrected chi connectivity index (χ1v) is 6.79. The predicted octanol–water partition coefficient (Wildman–Crippen LogP) is 2.83. The Hall–Kier alpha value is -1.84. The molecule has 20 heavy (non-hydrogen) atoms. The van der Waals surface area contributed by atoms with E-state index >= 15 is 0 Å². The number of phenolic OH excluding ortho intramolecular Hbond substituents is 1. The van der Waals surface area contributed by atoms with E-state index in [9.17, 15) is 10.2 Å². The Balaban J connectivity index is 1.87. The highest BCUT2D eigenvalue weighted by Crippen LogP contribution is 2.16. The second-order valence-electron chi connectivity index (χ2n) is 5.23. The van der Waals surface area contributed by atoms with Gasteiger partial charge in [-0.2, -0.15) is 0 Å². The first kappa shape index (κ1) is 14.6. The van der Waals surface area contributed by atoms with E-state index in [2.05, 4.69) is 37.4 Å². The summed E-state index contributed by atoms with van der Waals surface area (Å²) in [5, 5.41) is 22.5. The molecule has 0 aliphatic rings. The molecule has 0 bridgehead atoms. The van der Waals surface area contributed by atoms with Crippen molar-refractivity contribution in [3.8, 4) is 5.75 Å². The Morgan fingerprint density at radius 2 is 1.60 bits per heavy atom. The van der Waals surface area contributed by atoms with Gasteiger partial charge in [0, 0.05) is 13.1 Å². The van der Waals surface area contributed by atoms with Crippen LogP contribution in [0.15, 0.2) is 42.5 Å². The van der Waals surface area contributed by atoms with Gasteiger partial charge in [-0.1, -0.05) is 41.5 Å². The van der Waals surface area contributed by atoms with Crippen molar-refractivity contribution in [2.75, 3.05) is 6.54 Å². The van der Waals surface area contributed by atoms with Gasteiger partial charge in [0.15, 0.2) is 0 Å². The fraction of sp³-hybridized carbons (Fsp3) is 0.294. The zero-order chi connectivity index (χ0) is 14.5. The molecule has 0 saturated carbocycles. The maximum atomic E-state index is 10.1. The number of hydrogen-bond donors (Lipinski definition) is 3. The van der Waals surface area contributed by atoms with Crippen molar-refractivity contribution in [2.45, 2.75) is 26.5 Å². The Labute approximate surface area is 119 Å². The average molecular weight is 271 g/mol. The number of aromatic hydroxyl groups is 1. The van der Waals surface area contributed by atoms with E-state index in [0.717, 1.165) is 12.1 Å². The van der Waals surface area contributed by atoms with Crippen LogP contribution in [0.4, 0.5) is 0 Å². The number of aryl methyl sites for hydroxylation is 2. The van der Waals surface area contributed by atoms with Crippen molar-refractivity contribution >= 4 is 0 Å². The molecule has 3 heteroatoms. The highest BCUT2D eigenvalue weighted by Gasteiger charge is 2.07. The van der Waals surface area contributed by atoms with E-state index in [-0.39, 0.29) is 5.75 Å². The molecule has 3 N–H and O–H groups in total. The molecule has 106 valence electrons.